The van der Waals surface area contributed by atoms with E-state index in [1.807, 2.05) is 11.6 Å². The van der Waals surface area contributed by atoms with E-state index in [0.29, 0.717) is 19.1 Å². The van der Waals surface area contributed by atoms with E-state index in [1.54, 1.807) is 7.11 Å². The molecule has 0 bridgehead atoms. The minimum absolute atomic E-state index is 0. The lowest BCUT2D eigenvalue weighted by atomic mass is 10.1. The molecule has 10 heteroatoms. The van der Waals surface area contributed by atoms with Crippen molar-refractivity contribution in [3.8, 4) is 0 Å². The number of aryl methyl sites for hydroxylation is 2. The quantitative estimate of drug-likeness (QED) is 0.211. The highest BCUT2D eigenvalue weighted by Crippen LogP contribution is 2.13. The molecular weight excluding hydrogens is 449 g/mol. The molecule has 0 spiro atoms. The van der Waals surface area contributed by atoms with Crippen LogP contribution in [0.25, 0.3) is 0 Å². The number of nitrogens with zero attached hydrogens (tertiary/aromatic N) is 4. The second-order valence-electron chi connectivity index (χ2n) is 5.90. The molecule has 1 unspecified atom stereocenters. The molecule has 26 heavy (non-hydrogen) atoms. The van der Waals surface area contributed by atoms with E-state index < -0.39 is 0 Å². The molecule has 1 aromatic rings. The van der Waals surface area contributed by atoms with Crippen LogP contribution in [0.2, 0.25) is 0 Å². The van der Waals surface area contributed by atoms with Crippen LogP contribution >= 0.6 is 24.0 Å². The second-order valence-corrected chi connectivity index (χ2v) is 5.90. The first kappa shape index (κ1) is 22.6. The molecule has 9 nitrogen and oxygen atoms in total. The molecule has 148 valence electrons. The van der Waals surface area contributed by atoms with Crippen LogP contribution in [0.1, 0.15) is 31.9 Å². The number of aromatic nitrogens is 3. The van der Waals surface area contributed by atoms with Gasteiger partial charge in [-0.15, -0.1) is 24.0 Å². The predicted octanol–water partition coefficient (Wildman–Crippen LogP) is 0.0910. The summed E-state index contributed by atoms with van der Waals surface area (Å²) in [6, 6.07) is 0.216. The number of rotatable bonds is 8. The van der Waals surface area contributed by atoms with Gasteiger partial charge >= 0.3 is 0 Å². The molecule has 1 aliphatic rings. The van der Waals surface area contributed by atoms with Crippen molar-refractivity contribution in [2.45, 2.75) is 45.7 Å². The zero-order valence-corrected chi connectivity index (χ0v) is 18.1. The molecule has 2 heterocycles. The van der Waals surface area contributed by atoms with E-state index >= 15 is 0 Å². The van der Waals surface area contributed by atoms with Crippen LogP contribution in [0, 0.1) is 0 Å². The van der Waals surface area contributed by atoms with E-state index in [1.165, 1.54) is 0 Å². The molecule has 0 radical (unpaired) electrons. The second kappa shape index (κ2) is 12.0. The largest absolute Gasteiger partial charge is 0.383 e. The van der Waals surface area contributed by atoms with E-state index in [-0.39, 0.29) is 42.5 Å². The van der Waals surface area contributed by atoms with Gasteiger partial charge in [-0.05, 0) is 13.3 Å². The molecule has 0 aromatic carbocycles. The minimum atomic E-state index is -0.121. The van der Waals surface area contributed by atoms with E-state index in [4.69, 9.17) is 4.74 Å². The number of aliphatic imine (C=N–C) groups is 1. The van der Waals surface area contributed by atoms with Crippen molar-refractivity contribution in [2.24, 2.45) is 4.99 Å². The Morgan fingerprint density at radius 3 is 2.88 bits per heavy atom. The Labute approximate surface area is 171 Å². The van der Waals surface area contributed by atoms with Gasteiger partial charge in [-0.3, -0.25) is 4.79 Å². The number of carbonyl (C=O) groups excluding carboxylic acids is 1. The number of methoxy groups -OCH3 is 1. The highest BCUT2D eigenvalue weighted by Gasteiger charge is 2.22. The van der Waals surface area contributed by atoms with Crippen LogP contribution in [0.15, 0.2) is 4.99 Å². The van der Waals surface area contributed by atoms with Crippen LogP contribution < -0.4 is 16.0 Å². The highest BCUT2D eigenvalue weighted by molar-refractivity contribution is 14.0. The van der Waals surface area contributed by atoms with Crippen LogP contribution in [0.3, 0.4) is 0 Å². The molecule has 1 aromatic heterocycles. The first-order valence-corrected chi connectivity index (χ1v) is 8.89. The van der Waals surface area contributed by atoms with Crippen molar-refractivity contribution in [1.29, 1.82) is 0 Å². The van der Waals surface area contributed by atoms with E-state index in [2.05, 4.69) is 37.9 Å². The number of halogens is 1. The van der Waals surface area contributed by atoms with E-state index in [0.717, 1.165) is 44.0 Å². The van der Waals surface area contributed by atoms with Gasteiger partial charge in [0.05, 0.1) is 13.2 Å². The third-order valence-electron chi connectivity index (χ3n) is 3.91. The van der Waals surface area contributed by atoms with Gasteiger partial charge in [0.15, 0.2) is 11.8 Å². The zero-order valence-electron chi connectivity index (χ0n) is 15.7. The van der Waals surface area contributed by atoms with Gasteiger partial charge in [-0.1, -0.05) is 6.92 Å². The first-order chi connectivity index (χ1) is 12.2. The van der Waals surface area contributed by atoms with Gasteiger partial charge in [-0.2, -0.15) is 5.10 Å². The Kier molecular flexibility index (Phi) is 10.5. The van der Waals surface area contributed by atoms with Gasteiger partial charge in [0, 0.05) is 39.1 Å². The highest BCUT2D eigenvalue weighted by atomic mass is 127. The summed E-state index contributed by atoms with van der Waals surface area (Å²) in [6.45, 7) is 6.62. The van der Waals surface area contributed by atoms with Gasteiger partial charge in [0.2, 0.25) is 5.91 Å². The Bertz CT molecular complexity index is 591. The Morgan fingerprint density at radius 1 is 1.38 bits per heavy atom. The van der Waals surface area contributed by atoms with Gasteiger partial charge < -0.3 is 20.7 Å². The maximum Gasteiger partial charge on any atom is 0.241 e. The molecule has 0 aliphatic carbocycles. The SMILES string of the molecule is CCNC(=NCC(=O)NCCOC)NC1CCc2nc(CC)nn2C1.I. The van der Waals surface area contributed by atoms with Crippen molar-refractivity contribution in [3.63, 3.8) is 0 Å². The normalized spacial score (nSPS) is 16.4. The van der Waals surface area contributed by atoms with Crippen molar-refractivity contribution in [2.75, 3.05) is 33.4 Å². The van der Waals surface area contributed by atoms with Crippen LogP contribution in [0.5, 0.6) is 0 Å². The average Bonchev–Trinajstić information content (AvgIpc) is 3.02. The number of nitrogens with one attached hydrogen (secondary N) is 3. The van der Waals surface area contributed by atoms with Gasteiger partial charge in [0.25, 0.3) is 0 Å². The van der Waals surface area contributed by atoms with Crippen molar-refractivity contribution in [3.05, 3.63) is 11.6 Å². The fourth-order valence-electron chi connectivity index (χ4n) is 2.64. The molecule has 0 fully saturated rings. The lowest BCUT2D eigenvalue weighted by Crippen LogP contribution is -2.47. The number of carbonyl (C=O) groups is 1. The lowest BCUT2D eigenvalue weighted by molar-refractivity contribution is -0.119. The average molecular weight is 479 g/mol. The third-order valence-corrected chi connectivity index (χ3v) is 3.91. The molecule has 1 amide bonds. The maximum atomic E-state index is 11.8. The minimum Gasteiger partial charge on any atom is -0.383 e. The number of hydrogen-bond acceptors (Lipinski definition) is 5. The van der Waals surface area contributed by atoms with Crippen molar-refractivity contribution in [1.82, 2.24) is 30.7 Å². The summed E-state index contributed by atoms with van der Waals surface area (Å²) in [4.78, 5) is 20.7. The smallest absolute Gasteiger partial charge is 0.241 e. The summed E-state index contributed by atoms with van der Waals surface area (Å²) < 4.78 is 6.88. The van der Waals surface area contributed by atoms with Crippen LogP contribution in [-0.2, 0) is 28.9 Å². The van der Waals surface area contributed by atoms with Crippen molar-refractivity contribution >= 4 is 35.8 Å². The van der Waals surface area contributed by atoms with Crippen LogP contribution in [0.4, 0.5) is 0 Å². The summed E-state index contributed by atoms with van der Waals surface area (Å²) in [5.74, 6) is 2.47. The number of fused-ring (bicyclic) bond motifs is 1. The maximum absolute atomic E-state index is 11.8. The summed E-state index contributed by atoms with van der Waals surface area (Å²) in [5.41, 5.74) is 0. The van der Waals surface area contributed by atoms with Crippen LogP contribution in [-0.4, -0.2) is 66.0 Å². The van der Waals surface area contributed by atoms with Gasteiger partial charge in [0.1, 0.15) is 12.4 Å². The Balaban J connectivity index is 0.00000338. The molecule has 2 rings (SSSR count). The fourth-order valence-corrected chi connectivity index (χ4v) is 2.64. The molecule has 1 aliphatic heterocycles. The number of ether oxygens (including phenoxy) is 1. The third kappa shape index (κ3) is 7.06. The summed E-state index contributed by atoms with van der Waals surface area (Å²) >= 11 is 0. The Hall–Kier alpha value is -1.43. The number of guanidine groups is 1. The Morgan fingerprint density at radius 2 is 2.19 bits per heavy atom. The number of hydrogen-bond donors (Lipinski definition) is 3. The zero-order chi connectivity index (χ0) is 18.1. The standard InChI is InChI=1S/C16H29N7O2.HI/c1-4-13-21-14-7-6-12(11-23(14)22-13)20-16(17-5-2)19-10-15(24)18-8-9-25-3;/h12H,4-11H2,1-3H3,(H,18,24)(H2,17,19,20);1H. The number of amides is 1. The fraction of sp³-hybridized carbons (Fsp3) is 0.750. The predicted molar refractivity (Wildman–Crippen MR) is 111 cm³/mol. The molecule has 0 saturated carbocycles. The molecule has 1 atom stereocenters. The molecule has 3 N–H and O–H groups in total. The van der Waals surface area contributed by atoms with Gasteiger partial charge in [-0.25, -0.2) is 14.7 Å². The van der Waals surface area contributed by atoms with Crippen molar-refractivity contribution < 1.29 is 9.53 Å². The summed E-state index contributed by atoms with van der Waals surface area (Å²) in [6.07, 6.45) is 2.70. The molecular formula is C16H30IN7O2. The lowest BCUT2D eigenvalue weighted by Gasteiger charge is -2.25. The monoisotopic (exact) mass is 479 g/mol. The summed E-state index contributed by atoms with van der Waals surface area (Å²) in [5, 5.41) is 13.9. The molecule has 0 saturated heterocycles. The van der Waals surface area contributed by atoms with E-state index in [9.17, 15) is 4.79 Å². The first-order valence-electron chi connectivity index (χ1n) is 8.89. The summed E-state index contributed by atoms with van der Waals surface area (Å²) in [7, 11) is 1.60. The topological polar surface area (TPSA) is 105 Å².